The van der Waals surface area contributed by atoms with E-state index in [0.717, 1.165) is 23.9 Å². The van der Waals surface area contributed by atoms with Gasteiger partial charge in [0.25, 0.3) is 0 Å². The molecule has 2 aromatic rings. The average Bonchev–Trinajstić information content (AvgIpc) is 2.80. The fourth-order valence-corrected chi connectivity index (χ4v) is 2.38. The molecule has 0 aliphatic carbocycles. The van der Waals surface area contributed by atoms with Crippen molar-refractivity contribution in [3.8, 4) is 10.6 Å². The Bertz CT molecular complexity index is 525. The first-order chi connectivity index (χ1) is 8.11. The van der Waals surface area contributed by atoms with Crippen molar-refractivity contribution < 1.29 is 8.78 Å². The van der Waals surface area contributed by atoms with Crippen molar-refractivity contribution in [1.29, 1.82) is 0 Å². The lowest BCUT2D eigenvalue weighted by atomic mass is 10.1. The fourth-order valence-electron chi connectivity index (χ4n) is 1.42. The van der Waals surface area contributed by atoms with Gasteiger partial charge in [-0.2, -0.15) is 0 Å². The van der Waals surface area contributed by atoms with Crippen LogP contribution < -0.4 is 5.73 Å². The lowest BCUT2D eigenvalue weighted by molar-refractivity contribution is 0.603. The second-order valence-corrected chi connectivity index (χ2v) is 4.70. The maximum atomic E-state index is 13.5. The highest BCUT2D eigenvalue weighted by molar-refractivity contribution is 7.13. The number of thiazole rings is 1. The summed E-state index contributed by atoms with van der Waals surface area (Å²) in [5.74, 6) is -0.811. The van der Waals surface area contributed by atoms with Crippen molar-refractivity contribution in [2.24, 2.45) is 5.73 Å². The van der Waals surface area contributed by atoms with Gasteiger partial charge in [-0.15, -0.1) is 11.3 Å². The zero-order valence-electron chi connectivity index (χ0n) is 9.28. The number of hydrogen-bond acceptors (Lipinski definition) is 3. The van der Waals surface area contributed by atoms with Crippen LogP contribution in [0.3, 0.4) is 0 Å². The highest BCUT2D eigenvalue weighted by Gasteiger charge is 2.13. The maximum absolute atomic E-state index is 13.5. The van der Waals surface area contributed by atoms with Crippen LogP contribution in [0, 0.1) is 11.6 Å². The van der Waals surface area contributed by atoms with Gasteiger partial charge in [-0.1, -0.05) is 6.92 Å². The molecule has 0 spiro atoms. The van der Waals surface area contributed by atoms with Crippen LogP contribution in [0.25, 0.3) is 10.6 Å². The molecule has 0 saturated heterocycles. The van der Waals surface area contributed by atoms with E-state index in [1.807, 2.05) is 12.3 Å². The zero-order chi connectivity index (χ0) is 12.4. The van der Waals surface area contributed by atoms with Crippen LogP contribution in [0.2, 0.25) is 0 Å². The summed E-state index contributed by atoms with van der Waals surface area (Å²) in [5.41, 5.74) is 6.55. The minimum atomic E-state index is -0.468. The summed E-state index contributed by atoms with van der Waals surface area (Å²) in [4.78, 5) is 4.29. The second-order valence-electron chi connectivity index (χ2n) is 3.84. The Balaban J connectivity index is 2.40. The van der Waals surface area contributed by atoms with Crippen LogP contribution in [-0.4, -0.2) is 11.5 Å². The van der Waals surface area contributed by atoms with E-state index in [1.54, 1.807) is 0 Å². The number of hydrogen-bond donors (Lipinski definition) is 1. The largest absolute Gasteiger partial charge is 0.330 e. The normalized spacial score (nSPS) is 12.7. The number of halogens is 2. The summed E-state index contributed by atoms with van der Waals surface area (Å²) in [5, 5.41) is 2.31. The number of nitrogens with two attached hydrogens (primary N) is 1. The van der Waals surface area contributed by atoms with E-state index < -0.39 is 11.6 Å². The topological polar surface area (TPSA) is 38.9 Å². The van der Waals surface area contributed by atoms with E-state index in [4.69, 9.17) is 5.73 Å². The Morgan fingerprint density at radius 1 is 1.41 bits per heavy atom. The highest BCUT2D eigenvalue weighted by atomic mass is 32.1. The molecule has 2 rings (SSSR count). The van der Waals surface area contributed by atoms with E-state index >= 15 is 0 Å². The average molecular weight is 254 g/mol. The molecule has 0 bridgehead atoms. The molecule has 1 unspecified atom stereocenters. The number of aromatic nitrogens is 1. The monoisotopic (exact) mass is 254 g/mol. The molecule has 1 aromatic carbocycles. The van der Waals surface area contributed by atoms with Crippen molar-refractivity contribution in [2.75, 3.05) is 6.54 Å². The summed E-state index contributed by atoms with van der Waals surface area (Å²) in [6.07, 6.45) is 0. The molecule has 0 aliphatic rings. The summed E-state index contributed by atoms with van der Waals surface area (Å²) in [7, 11) is 0. The molecule has 1 atom stereocenters. The van der Waals surface area contributed by atoms with Crippen molar-refractivity contribution in [3.63, 3.8) is 0 Å². The summed E-state index contributed by atoms with van der Waals surface area (Å²) < 4.78 is 26.6. The summed E-state index contributed by atoms with van der Waals surface area (Å²) in [6, 6.07) is 3.36. The van der Waals surface area contributed by atoms with Crippen LogP contribution in [0.1, 0.15) is 18.5 Å². The molecule has 2 N–H and O–H groups in total. The highest BCUT2D eigenvalue weighted by Crippen LogP contribution is 2.29. The van der Waals surface area contributed by atoms with Gasteiger partial charge in [0, 0.05) is 23.4 Å². The fraction of sp³-hybridized carbons (Fsp3) is 0.250. The lowest BCUT2D eigenvalue weighted by Gasteiger charge is -2.03. The van der Waals surface area contributed by atoms with Crippen LogP contribution in [-0.2, 0) is 0 Å². The van der Waals surface area contributed by atoms with Crippen LogP contribution in [0.15, 0.2) is 23.6 Å². The first kappa shape index (κ1) is 12.1. The van der Waals surface area contributed by atoms with E-state index in [0.29, 0.717) is 11.6 Å². The molecule has 17 heavy (non-hydrogen) atoms. The Kier molecular flexibility index (Phi) is 3.49. The summed E-state index contributed by atoms with van der Waals surface area (Å²) in [6.45, 7) is 2.43. The van der Waals surface area contributed by atoms with Gasteiger partial charge in [-0.25, -0.2) is 13.8 Å². The third kappa shape index (κ3) is 2.50. The molecular formula is C12H12F2N2S. The smallest absolute Gasteiger partial charge is 0.133 e. The predicted molar refractivity (Wildman–Crippen MR) is 64.9 cm³/mol. The molecule has 2 nitrogen and oxygen atoms in total. The van der Waals surface area contributed by atoms with E-state index in [1.165, 1.54) is 11.3 Å². The predicted octanol–water partition coefficient (Wildman–Crippen LogP) is 3.15. The van der Waals surface area contributed by atoms with E-state index in [2.05, 4.69) is 4.98 Å². The number of rotatable bonds is 3. The molecular weight excluding hydrogens is 242 g/mol. The van der Waals surface area contributed by atoms with Crippen molar-refractivity contribution >= 4 is 11.3 Å². The zero-order valence-corrected chi connectivity index (χ0v) is 10.1. The minimum absolute atomic E-state index is 0.122. The number of benzene rings is 1. The van der Waals surface area contributed by atoms with Crippen LogP contribution in [0.5, 0.6) is 0 Å². The molecule has 5 heteroatoms. The van der Waals surface area contributed by atoms with Gasteiger partial charge in [0.05, 0.1) is 5.69 Å². The van der Waals surface area contributed by atoms with Gasteiger partial charge in [0.2, 0.25) is 0 Å². The van der Waals surface area contributed by atoms with Gasteiger partial charge in [-0.05, 0) is 18.2 Å². The molecule has 1 aromatic heterocycles. The van der Waals surface area contributed by atoms with Gasteiger partial charge in [-0.3, -0.25) is 0 Å². The number of nitrogens with zero attached hydrogens (tertiary/aromatic N) is 1. The minimum Gasteiger partial charge on any atom is -0.330 e. The van der Waals surface area contributed by atoms with Gasteiger partial charge in [0.1, 0.15) is 16.6 Å². The Labute approximate surface area is 102 Å². The molecule has 0 fully saturated rings. The lowest BCUT2D eigenvalue weighted by Crippen LogP contribution is -2.08. The van der Waals surface area contributed by atoms with E-state index in [9.17, 15) is 8.78 Å². The van der Waals surface area contributed by atoms with Crippen molar-refractivity contribution in [2.45, 2.75) is 12.8 Å². The van der Waals surface area contributed by atoms with Crippen molar-refractivity contribution in [3.05, 3.63) is 40.9 Å². The quantitative estimate of drug-likeness (QED) is 0.913. The van der Waals surface area contributed by atoms with Crippen LogP contribution in [0.4, 0.5) is 8.78 Å². The second kappa shape index (κ2) is 4.89. The third-order valence-corrected chi connectivity index (χ3v) is 3.43. The first-order valence-electron chi connectivity index (χ1n) is 5.22. The third-order valence-electron chi connectivity index (χ3n) is 2.54. The molecule has 0 saturated carbocycles. The summed E-state index contributed by atoms with van der Waals surface area (Å²) >= 11 is 1.30. The van der Waals surface area contributed by atoms with E-state index in [-0.39, 0.29) is 11.5 Å². The van der Waals surface area contributed by atoms with Gasteiger partial charge in [0.15, 0.2) is 0 Å². The van der Waals surface area contributed by atoms with Gasteiger partial charge >= 0.3 is 0 Å². The molecule has 0 aliphatic heterocycles. The van der Waals surface area contributed by atoms with Gasteiger partial charge < -0.3 is 5.73 Å². The molecule has 1 heterocycles. The molecule has 0 radical (unpaired) electrons. The Morgan fingerprint density at radius 2 is 2.18 bits per heavy atom. The first-order valence-corrected chi connectivity index (χ1v) is 6.10. The molecule has 0 amide bonds. The van der Waals surface area contributed by atoms with Crippen molar-refractivity contribution in [1.82, 2.24) is 4.98 Å². The maximum Gasteiger partial charge on any atom is 0.133 e. The Hall–Kier alpha value is -1.33. The standard InChI is InChI=1S/C12H12F2N2S/c1-7(5-15)11-6-17-12(16-11)9-4-8(13)2-3-10(9)14/h2-4,6-7H,5,15H2,1H3. The van der Waals surface area contributed by atoms with Crippen LogP contribution >= 0.6 is 11.3 Å². The molecule has 90 valence electrons. The Morgan fingerprint density at radius 3 is 2.88 bits per heavy atom. The SMILES string of the molecule is CC(CN)c1csc(-c2cc(F)ccc2F)n1.